The highest BCUT2D eigenvalue weighted by molar-refractivity contribution is 6.31. The molecule has 0 radical (unpaired) electrons. The first-order valence-corrected chi connectivity index (χ1v) is 10.1. The molecule has 0 aliphatic carbocycles. The zero-order valence-electron chi connectivity index (χ0n) is 18.5. The van der Waals surface area contributed by atoms with Crippen molar-refractivity contribution in [1.29, 1.82) is 0 Å². The first kappa shape index (κ1) is 22.5. The lowest BCUT2D eigenvalue weighted by Crippen LogP contribution is -2.53. The standard InChI is InChI=1S/C23H20N4O7/c1-13-9-15(14(2)26(13)19-7-6-16(27(31)32)11-20(19)33-3)10-18-21(28)24-23(30)25(22(18)29)12-17-5-4-8-34-17/h4-11H,12H2,1-3H3,(H,24,28,30). The van der Waals surface area contributed by atoms with E-state index in [2.05, 4.69) is 5.32 Å². The third-order valence-electron chi connectivity index (χ3n) is 5.46. The number of nitro groups is 1. The number of imide groups is 2. The summed E-state index contributed by atoms with van der Waals surface area (Å²) in [5.74, 6) is -0.871. The van der Waals surface area contributed by atoms with Gasteiger partial charge >= 0.3 is 6.03 Å². The number of methoxy groups -OCH3 is 1. The van der Waals surface area contributed by atoms with Crippen LogP contribution in [0.2, 0.25) is 0 Å². The molecule has 3 heterocycles. The van der Waals surface area contributed by atoms with Crippen LogP contribution in [0.5, 0.6) is 5.75 Å². The minimum absolute atomic E-state index is 0.115. The molecule has 0 bridgehead atoms. The van der Waals surface area contributed by atoms with Gasteiger partial charge in [-0.15, -0.1) is 0 Å². The number of nitrogens with zero attached hydrogens (tertiary/aromatic N) is 3. The fourth-order valence-corrected chi connectivity index (χ4v) is 3.82. The lowest BCUT2D eigenvalue weighted by molar-refractivity contribution is -0.384. The molecule has 0 saturated carbocycles. The molecule has 1 aromatic carbocycles. The third-order valence-corrected chi connectivity index (χ3v) is 5.46. The summed E-state index contributed by atoms with van der Waals surface area (Å²) in [5, 5.41) is 13.3. The van der Waals surface area contributed by atoms with E-state index in [0.717, 1.165) is 10.6 Å². The first-order chi connectivity index (χ1) is 16.2. The second-order valence-corrected chi connectivity index (χ2v) is 7.56. The molecule has 174 valence electrons. The number of nitrogens with one attached hydrogen (secondary N) is 1. The molecular formula is C23H20N4O7. The van der Waals surface area contributed by atoms with Gasteiger partial charge in [0.1, 0.15) is 17.1 Å². The average Bonchev–Trinajstić information content (AvgIpc) is 3.41. The zero-order chi connectivity index (χ0) is 24.6. The summed E-state index contributed by atoms with van der Waals surface area (Å²) in [7, 11) is 1.41. The smallest absolute Gasteiger partial charge is 0.331 e. The highest BCUT2D eigenvalue weighted by Crippen LogP contribution is 2.32. The molecule has 1 aliphatic rings. The van der Waals surface area contributed by atoms with Gasteiger partial charge in [-0.05, 0) is 49.8 Å². The molecule has 0 spiro atoms. The number of carbonyl (C=O) groups excluding carboxylic acids is 3. The van der Waals surface area contributed by atoms with Crippen LogP contribution >= 0.6 is 0 Å². The van der Waals surface area contributed by atoms with Gasteiger partial charge in [0.05, 0.1) is 36.6 Å². The molecule has 11 nitrogen and oxygen atoms in total. The SMILES string of the molecule is COc1cc([N+](=O)[O-])ccc1-n1c(C)cc(C=C2C(=O)NC(=O)N(Cc3ccco3)C2=O)c1C. The number of benzene rings is 1. The van der Waals surface area contributed by atoms with E-state index in [1.54, 1.807) is 35.8 Å². The van der Waals surface area contributed by atoms with Crippen LogP contribution in [0, 0.1) is 24.0 Å². The van der Waals surface area contributed by atoms with E-state index in [1.165, 1.54) is 31.6 Å². The van der Waals surface area contributed by atoms with Crippen molar-refractivity contribution in [3.8, 4) is 11.4 Å². The number of ether oxygens (including phenoxy) is 1. The van der Waals surface area contributed by atoms with Crippen LogP contribution in [-0.4, -0.2) is 39.3 Å². The van der Waals surface area contributed by atoms with E-state index >= 15 is 0 Å². The van der Waals surface area contributed by atoms with Crippen molar-refractivity contribution < 1.29 is 28.5 Å². The van der Waals surface area contributed by atoms with Gasteiger partial charge in [-0.2, -0.15) is 0 Å². The number of hydrogen-bond donors (Lipinski definition) is 1. The average molecular weight is 464 g/mol. The Morgan fingerprint density at radius 2 is 1.94 bits per heavy atom. The molecule has 1 saturated heterocycles. The lowest BCUT2D eigenvalue weighted by Gasteiger charge is -2.25. The number of rotatable bonds is 6. The summed E-state index contributed by atoms with van der Waals surface area (Å²) in [6, 6.07) is 8.43. The Kier molecular flexibility index (Phi) is 5.76. The third kappa shape index (κ3) is 3.94. The van der Waals surface area contributed by atoms with Crippen LogP contribution in [0.3, 0.4) is 0 Å². The number of barbiturate groups is 1. The molecule has 3 aromatic rings. The Morgan fingerprint density at radius 3 is 2.59 bits per heavy atom. The molecule has 1 aliphatic heterocycles. The maximum atomic E-state index is 13.0. The zero-order valence-corrected chi connectivity index (χ0v) is 18.5. The second-order valence-electron chi connectivity index (χ2n) is 7.56. The molecule has 0 atom stereocenters. The summed E-state index contributed by atoms with van der Waals surface area (Å²) < 4.78 is 12.4. The Hall–Kier alpha value is -4.67. The van der Waals surface area contributed by atoms with Crippen molar-refractivity contribution in [3.63, 3.8) is 0 Å². The number of hydrogen-bond acceptors (Lipinski definition) is 7. The highest BCUT2D eigenvalue weighted by Gasteiger charge is 2.36. The van der Waals surface area contributed by atoms with E-state index < -0.39 is 22.8 Å². The molecule has 4 rings (SSSR count). The summed E-state index contributed by atoms with van der Waals surface area (Å²) in [6.45, 7) is 3.46. The van der Waals surface area contributed by atoms with E-state index in [1.807, 2.05) is 6.92 Å². The number of nitro benzene ring substituents is 1. The first-order valence-electron chi connectivity index (χ1n) is 10.1. The molecule has 34 heavy (non-hydrogen) atoms. The molecule has 4 amide bonds. The highest BCUT2D eigenvalue weighted by atomic mass is 16.6. The minimum atomic E-state index is -0.829. The maximum absolute atomic E-state index is 13.0. The van der Waals surface area contributed by atoms with Crippen LogP contribution < -0.4 is 10.1 Å². The molecule has 0 unspecified atom stereocenters. The van der Waals surface area contributed by atoms with Gasteiger partial charge in [-0.25, -0.2) is 4.79 Å². The van der Waals surface area contributed by atoms with Crippen LogP contribution in [0.1, 0.15) is 22.7 Å². The van der Waals surface area contributed by atoms with Crippen molar-refractivity contribution >= 4 is 29.6 Å². The Morgan fingerprint density at radius 1 is 1.18 bits per heavy atom. The summed E-state index contributed by atoms with van der Waals surface area (Å²) >= 11 is 0. The quantitative estimate of drug-likeness (QED) is 0.256. The summed E-state index contributed by atoms with van der Waals surface area (Å²) in [6.07, 6.45) is 2.83. The number of non-ortho nitro benzene ring substituents is 1. The fraction of sp³-hybridized carbons (Fsp3) is 0.174. The molecule has 1 N–H and O–H groups in total. The molecule has 2 aromatic heterocycles. The van der Waals surface area contributed by atoms with Crippen LogP contribution in [0.25, 0.3) is 11.8 Å². The van der Waals surface area contributed by atoms with E-state index in [9.17, 15) is 24.5 Å². The van der Waals surface area contributed by atoms with Gasteiger partial charge in [-0.1, -0.05) is 0 Å². The summed E-state index contributed by atoms with van der Waals surface area (Å²) in [5.41, 5.74) is 2.19. The monoisotopic (exact) mass is 464 g/mol. The van der Waals surface area contributed by atoms with Crippen LogP contribution in [0.4, 0.5) is 10.5 Å². The Labute approximate surface area is 193 Å². The Bertz CT molecular complexity index is 1350. The van der Waals surface area contributed by atoms with Crippen molar-refractivity contribution in [2.75, 3.05) is 7.11 Å². The van der Waals surface area contributed by atoms with Crippen molar-refractivity contribution in [2.24, 2.45) is 0 Å². The van der Waals surface area contributed by atoms with Gasteiger partial charge < -0.3 is 13.7 Å². The number of carbonyl (C=O) groups is 3. The molecule has 1 fully saturated rings. The summed E-state index contributed by atoms with van der Waals surface area (Å²) in [4.78, 5) is 49.2. The predicted molar refractivity (Wildman–Crippen MR) is 119 cm³/mol. The topological polar surface area (TPSA) is 137 Å². The predicted octanol–water partition coefficient (Wildman–Crippen LogP) is 3.27. The molecular weight excluding hydrogens is 444 g/mol. The number of aromatic nitrogens is 1. The van der Waals surface area contributed by atoms with Gasteiger partial charge in [0.15, 0.2) is 0 Å². The normalized spacial score (nSPS) is 15.1. The van der Waals surface area contributed by atoms with Crippen LogP contribution in [-0.2, 0) is 16.1 Å². The van der Waals surface area contributed by atoms with Crippen molar-refractivity contribution in [2.45, 2.75) is 20.4 Å². The number of amides is 4. The van der Waals surface area contributed by atoms with Gasteiger partial charge in [-0.3, -0.25) is 29.9 Å². The van der Waals surface area contributed by atoms with Crippen molar-refractivity contribution in [3.05, 3.63) is 81.1 Å². The van der Waals surface area contributed by atoms with E-state index in [0.29, 0.717) is 22.7 Å². The van der Waals surface area contributed by atoms with Gasteiger partial charge in [0.2, 0.25) is 0 Å². The van der Waals surface area contributed by atoms with Gasteiger partial charge in [0, 0.05) is 17.5 Å². The second kappa shape index (κ2) is 8.70. The van der Waals surface area contributed by atoms with E-state index in [-0.39, 0.29) is 23.6 Å². The number of furan rings is 1. The maximum Gasteiger partial charge on any atom is 0.331 e. The minimum Gasteiger partial charge on any atom is -0.494 e. The largest absolute Gasteiger partial charge is 0.494 e. The van der Waals surface area contributed by atoms with E-state index in [4.69, 9.17) is 9.15 Å². The number of urea groups is 1. The van der Waals surface area contributed by atoms with Gasteiger partial charge in [0.25, 0.3) is 17.5 Å². The number of aryl methyl sites for hydroxylation is 1. The fourth-order valence-electron chi connectivity index (χ4n) is 3.82. The lowest BCUT2D eigenvalue weighted by atomic mass is 10.1. The Balaban J connectivity index is 1.74. The molecule has 11 heteroatoms. The van der Waals surface area contributed by atoms with Crippen LogP contribution in [0.15, 0.2) is 52.7 Å². The van der Waals surface area contributed by atoms with Crippen molar-refractivity contribution in [1.82, 2.24) is 14.8 Å².